The fourth-order valence-electron chi connectivity index (χ4n) is 1.60. The third-order valence-corrected chi connectivity index (χ3v) is 2.77. The molecule has 3 N–H and O–H groups in total. The van der Waals surface area contributed by atoms with Crippen molar-refractivity contribution in [3.05, 3.63) is 28.8 Å². The molecule has 1 amide bonds. The average molecular weight is 285 g/mol. The van der Waals surface area contributed by atoms with Crippen molar-refractivity contribution in [1.29, 1.82) is 0 Å². The van der Waals surface area contributed by atoms with Crippen LogP contribution in [-0.4, -0.2) is 18.2 Å². The number of hydrogen-bond donors (Lipinski definition) is 2. The van der Waals surface area contributed by atoms with Crippen molar-refractivity contribution < 1.29 is 9.53 Å². The van der Waals surface area contributed by atoms with Gasteiger partial charge in [-0.1, -0.05) is 18.5 Å². The molecule has 1 aromatic rings. The lowest BCUT2D eigenvalue weighted by Crippen LogP contribution is -2.27. The van der Waals surface area contributed by atoms with Crippen LogP contribution in [0.15, 0.2) is 18.2 Å². The number of nitrogens with two attached hydrogens (primary N) is 1. The van der Waals surface area contributed by atoms with E-state index in [2.05, 4.69) is 5.32 Å². The minimum absolute atomic E-state index is 0.101. The highest BCUT2D eigenvalue weighted by atomic mass is 35.5. The predicted octanol–water partition coefficient (Wildman–Crippen LogP) is 3.75. The van der Waals surface area contributed by atoms with Crippen LogP contribution in [0, 0.1) is 0 Å². The van der Waals surface area contributed by atoms with Gasteiger partial charge in [-0.15, -0.1) is 0 Å². The van der Waals surface area contributed by atoms with Crippen LogP contribution >= 0.6 is 11.6 Å². The van der Waals surface area contributed by atoms with Crippen LogP contribution in [0.1, 0.15) is 39.2 Å². The van der Waals surface area contributed by atoms with E-state index in [0.29, 0.717) is 17.3 Å². The third-order valence-electron chi connectivity index (χ3n) is 2.53. The van der Waals surface area contributed by atoms with E-state index in [1.54, 1.807) is 12.1 Å². The van der Waals surface area contributed by atoms with Gasteiger partial charge in [0, 0.05) is 10.7 Å². The Balaban J connectivity index is 2.91. The standard InChI is InChI=1S/C14H21ClN2O2/c1-9(8-16)11-7-10(15)5-6-12(11)17-13(18)19-14(2,3)4/h5-7,9H,8,16H2,1-4H3,(H,17,18). The fourth-order valence-corrected chi connectivity index (χ4v) is 1.78. The first kappa shape index (κ1) is 15.8. The summed E-state index contributed by atoms with van der Waals surface area (Å²) in [6, 6.07) is 5.29. The molecule has 106 valence electrons. The Labute approximate surface area is 119 Å². The number of halogens is 1. The summed E-state index contributed by atoms with van der Waals surface area (Å²) in [5, 5.41) is 3.35. The van der Waals surface area contributed by atoms with Crippen LogP contribution in [0.2, 0.25) is 5.02 Å². The van der Waals surface area contributed by atoms with Crippen LogP contribution in [-0.2, 0) is 4.74 Å². The summed E-state index contributed by atoms with van der Waals surface area (Å²) in [6.07, 6.45) is -0.486. The lowest BCUT2D eigenvalue weighted by atomic mass is 9.99. The molecule has 0 bridgehead atoms. The smallest absolute Gasteiger partial charge is 0.412 e. The zero-order valence-electron chi connectivity index (χ0n) is 11.8. The number of anilines is 1. The first-order chi connectivity index (χ1) is 8.73. The number of benzene rings is 1. The van der Waals surface area contributed by atoms with Gasteiger partial charge in [-0.2, -0.15) is 0 Å². The van der Waals surface area contributed by atoms with Crippen molar-refractivity contribution in [1.82, 2.24) is 0 Å². The summed E-state index contributed by atoms with van der Waals surface area (Å²) < 4.78 is 5.23. The number of carbonyl (C=O) groups is 1. The van der Waals surface area contributed by atoms with Gasteiger partial charge >= 0.3 is 6.09 Å². The molecular formula is C14H21ClN2O2. The molecule has 1 rings (SSSR count). The molecule has 1 atom stereocenters. The molecular weight excluding hydrogens is 264 g/mol. The van der Waals surface area contributed by atoms with Crippen LogP contribution in [0.4, 0.5) is 10.5 Å². The Hall–Kier alpha value is -1.26. The van der Waals surface area contributed by atoms with Crippen molar-refractivity contribution >= 4 is 23.4 Å². The lowest BCUT2D eigenvalue weighted by Gasteiger charge is -2.21. The number of ether oxygens (including phenoxy) is 1. The normalized spacial score (nSPS) is 12.9. The van der Waals surface area contributed by atoms with Crippen molar-refractivity contribution in [3.63, 3.8) is 0 Å². The maximum absolute atomic E-state index is 11.8. The lowest BCUT2D eigenvalue weighted by molar-refractivity contribution is 0.0636. The Morgan fingerprint density at radius 1 is 1.47 bits per heavy atom. The molecule has 0 saturated heterocycles. The Morgan fingerprint density at radius 2 is 2.11 bits per heavy atom. The molecule has 0 fully saturated rings. The minimum atomic E-state index is -0.532. The molecule has 1 unspecified atom stereocenters. The van der Waals surface area contributed by atoms with Crippen LogP contribution in [0.25, 0.3) is 0 Å². The van der Waals surface area contributed by atoms with E-state index in [4.69, 9.17) is 22.1 Å². The van der Waals surface area contributed by atoms with E-state index in [1.165, 1.54) is 0 Å². The molecule has 0 heterocycles. The van der Waals surface area contributed by atoms with Gasteiger partial charge in [0.1, 0.15) is 5.60 Å². The molecule has 0 aliphatic heterocycles. The summed E-state index contributed by atoms with van der Waals surface area (Å²) in [7, 11) is 0. The molecule has 0 aromatic heterocycles. The largest absolute Gasteiger partial charge is 0.444 e. The van der Waals surface area contributed by atoms with Gasteiger partial charge in [-0.05, 0) is 57.0 Å². The van der Waals surface area contributed by atoms with Crippen molar-refractivity contribution in [2.45, 2.75) is 39.2 Å². The van der Waals surface area contributed by atoms with Crippen molar-refractivity contribution in [3.8, 4) is 0 Å². The van der Waals surface area contributed by atoms with E-state index in [0.717, 1.165) is 5.56 Å². The minimum Gasteiger partial charge on any atom is -0.444 e. The first-order valence-electron chi connectivity index (χ1n) is 6.22. The molecule has 0 radical (unpaired) electrons. The Kier molecular flexibility index (Phi) is 5.20. The van der Waals surface area contributed by atoms with Gasteiger partial charge < -0.3 is 10.5 Å². The molecule has 5 heteroatoms. The number of amides is 1. The predicted molar refractivity (Wildman–Crippen MR) is 78.8 cm³/mol. The highest BCUT2D eigenvalue weighted by Crippen LogP contribution is 2.27. The SMILES string of the molecule is CC(CN)c1cc(Cl)ccc1NC(=O)OC(C)(C)C. The Bertz CT molecular complexity index is 455. The number of nitrogens with one attached hydrogen (secondary N) is 1. The maximum atomic E-state index is 11.8. The van der Waals surface area contributed by atoms with Gasteiger partial charge in [0.2, 0.25) is 0 Å². The van der Waals surface area contributed by atoms with E-state index < -0.39 is 11.7 Å². The number of rotatable bonds is 3. The molecule has 1 aromatic carbocycles. The molecule has 0 spiro atoms. The van der Waals surface area contributed by atoms with Crippen molar-refractivity contribution in [2.75, 3.05) is 11.9 Å². The quantitative estimate of drug-likeness (QED) is 0.888. The fraction of sp³-hybridized carbons (Fsp3) is 0.500. The monoisotopic (exact) mass is 284 g/mol. The van der Waals surface area contributed by atoms with Crippen molar-refractivity contribution in [2.24, 2.45) is 5.73 Å². The molecule has 19 heavy (non-hydrogen) atoms. The summed E-state index contributed by atoms with van der Waals surface area (Å²) in [4.78, 5) is 11.8. The van der Waals surface area contributed by atoms with Gasteiger partial charge in [-0.3, -0.25) is 5.32 Å². The van der Waals surface area contributed by atoms with Crippen LogP contribution in [0.3, 0.4) is 0 Å². The summed E-state index contributed by atoms with van der Waals surface area (Å²) in [6.45, 7) is 7.91. The molecule has 0 aliphatic carbocycles. The van der Waals surface area contributed by atoms with Gasteiger partial charge in [0.25, 0.3) is 0 Å². The summed E-state index contributed by atoms with van der Waals surface area (Å²) in [5.74, 6) is 0.101. The second-order valence-electron chi connectivity index (χ2n) is 5.50. The molecule has 4 nitrogen and oxygen atoms in total. The first-order valence-corrected chi connectivity index (χ1v) is 6.60. The van der Waals surface area contributed by atoms with Crippen LogP contribution in [0.5, 0.6) is 0 Å². The molecule has 0 saturated carbocycles. The van der Waals surface area contributed by atoms with E-state index in [-0.39, 0.29) is 5.92 Å². The van der Waals surface area contributed by atoms with Crippen LogP contribution < -0.4 is 11.1 Å². The number of carbonyl (C=O) groups excluding carboxylic acids is 1. The van der Waals surface area contributed by atoms with E-state index in [1.807, 2.05) is 33.8 Å². The second kappa shape index (κ2) is 6.26. The van der Waals surface area contributed by atoms with E-state index >= 15 is 0 Å². The zero-order valence-corrected chi connectivity index (χ0v) is 12.5. The Morgan fingerprint density at radius 3 is 2.63 bits per heavy atom. The summed E-state index contributed by atoms with van der Waals surface area (Å²) in [5.41, 5.74) is 6.72. The van der Waals surface area contributed by atoms with Gasteiger partial charge in [-0.25, -0.2) is 4.79 Å². The highest BCUT2D eigenvalue weighted by Gasteiger charge is 2.18. The maximum Gasteiger partial charge on any atom is 0.412 e. The second-order valence-corrected chi connectivity index (χ2v) is 5.93. The molecule has 0 aliphatic rings. The zero-order chi connectivity index (χ0) is 14.6. The average Bonchev–Trinajstić information content (AvgIpc) is 2.28. The topological polar surface area (TPSA) is 64.3 Å². The third kappa shape index (κ3) is 5.09. The van der Waals surface area contributed by atoms with E-state index in [9.17, 15) is 4.79 Å². The van der Waals surface area contributed by atoms with Gasteiger partial charge in [0.15, 0.2) is 0 Å². The summed E-state index contributed by atoms with van der Waals surface area (Å²) >= 11 is 5.98. The highest BCUT2D eigenvalue weighted by molar-refractivity contribution is 6.30. The number of hydrogen-bond acceptors (Lipinski definition) is 3. The van der Waals surface area contributed by atoms with Gasteiger partial charge in [0.05, 0.1) is 0 Å².